The normalized spacial score (nSPS) is 10.4. The summed E-state index contributed by atoms with van der Waals surface area (Å²) in [5.41, 5.74) is 0.881. The third-order valence-corrected chi connectivity index (χ3v) is 4.70. The minimum absolute atomic E-state index is 0.0150. The van der Waals surface area contributed by atoms with Gasteiger partial charge in [0.25, 0.3) is 0 Å². The third-order valence-electron chi connectivity index (χ3n) is 3.19. The van der Waals surface area contributed by atoms with Crippen LogP contribution in [-0.4, -0.2) is 17.6 Å². The Morgan fingerprint density at radius 2 is 1.80 bits per heavy atom. The number of benzene rings is 2. The van der Waals surface area contributed by atoms with Crippen molar-refractivity contribution >= 4 is 50.9 Å². The summed E-state index contributed by atoms with van der Waals surface area (Å²) >= 11 is 4.51. The van der Waals surface area contributed by atoms with E-state index in [1.54, 1.807) is 18.2 Å². The van der Waals surface area contributed by atoms with Crippen LogP contribution in [0.4, 0.5) is 15.8 Å². The Kier molecular flexibility index (Phi) is 7.46. The number of rotatable bonds is 7. The first kappa shape index (κ1) is 19.5. The van der Waals surface area contributed by atoms with Crippen LogP contribution < -0.4 is 10.6 Å². The minimum atomic E-state index is -0.486. The van der Waals surface area contributed by atoms with E-state index in [0.29, 0.717) is 10.9 Å². The highest BCUT2D eigenvalue weighted by atomic mass is 79.9. The first-order valence-corrected chi connectivity index (χ1v) is 9.53. The zero-order valence-corrected chi connectivity index (χ0v) is 16.0. The fraction of sp³-hybridized carbons (Fsp3) is 0.222. The van der Waals surface area contributed by atoms with Gasteiger partial charge < -0.3 is 10.6 Å². The summed E-state index contributed by atoms with van der Waals surface area (Å²) in [7, 11) is 0. The molecule has 0 aromatic heterocycles. The van der Waals surface area contributed by atoms with Crippen molar-refractivity contribution in [2.24, 2.45) is 0 Å². The number of carbonyl (C=O) groups excluding carboxylic acids is 2. The van der Waals surface area contributed by atoms with E-state index in [1.165, 1.54) is 23.9 Å². The molecule has 2 aromatic carbocycles. The molecular formula is C18H18BrFN2O2S. The molecule has 4 nitrogen and oxygen atoms in total. The van der Waals surface area contributed by atoms with Crippen molar-refractivity contribution in [2.75, 3.05) is 16.4 Å². The van der Waals surface area contributed by atoms with Crippen molar-refractivity contribution in [3.05, 3.63) is 52.8 Å². The molecule has 0 unspecified atom stereocenters. The number of anilines is 2. The molecule has 0 aliphatic heterocycles. The summed E-state index contributed by atoms with van der Waals surface area (Å²) in [5, 5.41) is 5.35. The van der Waals surface area contributed by atoms with Gasteiger partial charge in [0.2, 0.25) is 11.8 Å². The monoisotopic (exact) mass is 424 g/mol. The number of thioether (sulfide) groups is 1. The Balaban J connectivity index is 1.84. The van der Waals surface area contributed by atoms with Crippen LogP contribution in [0.1, 0.15) is 19.8 Å². The highest BCUT2D eigenvalue weighted by Crippen LogP contribution is 2.22. The molecular weight excluding hydrogens is 407 g/mol. The molecule has 2 rings (SSSR count). The van der Waals surface area contributed by atoms with E-state index >= 15 is 0 Å². The van der Waals surface area contributed by atoms with Gasteiger partial charge in [0.15, 0.2) is 0 Å². The van der Waals surface area contributed by atoms with Gasteiger partial charge in [-0.2, -0.15) is 0 Å². The molecule has 0 saturated carbocycles. The standard InChI is InChI=1S/C18H18BrFN2O2S/c1-2-3-17(23)21-13-5-7-14(8-6-13)25-11-18(24)22-16-9-4-12(19)10-15(16)20/h4-10H,2-3,11H2,1H3,(H,21,23)(H,22,24). The molecule has 0 heterocycles. The van der Waals surface area contributed by atoms with Crippen LogP contribution in [0.25, 0.3) is 0 Å². The first-order valence-electron chi connectivity index (χ1n) is 7.75. The number of halogens is 2. The Labute approximate surface area is 158 Å². The molecule has 0 aliphatic rings. The highest BCUT2D eigenvalue weighted by molar-refractivity contribution is 9.10. The van der Waals surface area contributed by atoms with Gasteiger partial charge in [0, 0.05) is 21.5 Å². The average Bonchev–Trinajstić information content (AvgIpc) is 2.57. The second-order valence-corrected chi connectivity index (χ2v) is 7.25. The highest BCUT2D eigenvalue weighted by Gasteiger charge is 2.08. The number of hydrogen-bond acceptors (Lipinski definition) is 3. The molecule has 0 atom stereocenters. The van der Waals surface area contributed by atoms with Gasteiger partial charge in [-0.1, -0.05) is 22.9 Å². The predicted molar refractivity (Wildman–Crippen MR) is 103 cm³/mol. The molecule has 7 heteroatoms. The molecule has 0 spiro atoms. The van der Waals surface area contributed by atoms with E-state index in [0.717, 1.165) is 17.0 Å². The van der Waals surface area contributed by atoms with E-state index in [-0.39, 0.29) is 23.3 Å². The summed E-state index contributed by atoms with van der Waals surface area (Å²) in [4.78, 5) is 24.4. The Morgan fingerprint density at radius 1 is 1.08 bits per heavy atom. The lowest BCUT2D eigenvalue weighted by Gasteiger charge is -2.08. The smallest absolute Gasteiger partial charge is 0.234 e. The summed E-state index contributed by atoms with van der Waals surface area (Å²) in [6.45, 7) is 1.95. The van der Waals surface area contributed by atoms with Gasteiger partial charge in [0.1, 0.15) is 5.82 Å². The van der Waals surface area contributed by atoms with E-state index < -0.39 is 5.82 Å². The van der Waals surface area contributed by atoms with Crippen LogP contribution in [0.3, 0.4) is 0 Å². The first-order chi connectivity index (χ1) is 12.0. The fourth-order valence-corrected chi connectivity index (χ4v) is 3.04. The number of nitrogens with one attached hydrogen (secondary N) is 2. The maximum atomic E-state index is 13.7. The zero-order chi connectivity index (χ0) is 18.2. The summed E-state index contributed by atoms with van der Waals surface area (Å²) in [5.74, 6) is -0.623. The summed E-state index contributed by atoms with van der Waals surface area (Å²) in [6, 6.07) is 11.7. The molecule has 0 bridgehead atoms. The molecule has 25 heavy (non-hydrogen) atoms. The van der Waals surface area contributed by atoms with E-state index in [1.807, 2.05) is 19.1 Å². The van der Waals surface area contributed by atoms with Crippen LogP contribution in [0, 0.1) is 5.82 Å². The van der Waals surface area contributed by atoms with Crippen LogP contribution in [0.15, 0.2) is 51.8 Å². The second-order valence-electron chi connectivity index (χ2n) is 5.28. The summed E-state index contributed by atoms with van der Waals surface area (Å²) in [6.07, 6.45) is 1.29. The maximum Gasteiger partial charge on any atom is 0.234 e. The van der Waals surface area contributed by atoms with Crippen molar-refractivity contribution in [1.29, 1.82) is 0 Å². The maximum absolute atomic E-state index is 13.7. The van der Waals surface area contributed by atoms with Crippen LogP contribution in [0.5, 0.6) is 0 Å². The van der Waals surface area contributed by atoms with E-state index in [4.69, 9.17) is 0 Å². The predicted octanol–water partition coefficient (Wildman–Crippen LogP) is 5.06. The van der Waals surface area contributed by atoms with Crippen LogP contribution in [0.2, 0.25) is 0 Å². The van der Waals surface area contributed by atoms with Crippen molar-refractivity contribution < 1.29 is 14.0 Å². The zero-order valence-electron chi connectivity index (χ0n) is 13.6. The molecule has 0 fully saturated rings. The molecule has 2 N–H and O–H groups in total. The van der Waals surface area contributed by atoms with Gasteiger partial charge in [-0.15, -0.1) is 11.8 Å². The molecule has 2 aromatic rings. The third kappa shape index (κ3) is 6.51. The lowest BCUT2D eigenvalue weighted by molar-refractivity contribution is -0.116. The molecule has 132 valence electrons. The van der Waals surface area contributed by atoms with Gasteiger partial charge in [-0.3, -0.25) is 9.59 Å². The van der Waals surface area contributed by atoms with E-state index in [9.17, 15) is 14.0 Å². The second kappa shape index (κ2) is 9.58. The molecule has 0 radical (unpaired) electrons. The minimum Gasteiger partial charge on any atom is -0.326 e. The largest absolute Gasteiger partial charge is 0.326 e. The number of hydrogen-bond donors (Lipinski definition) is 2. The van der Waals surface area contributed by atoms with Crippen LogP contribution >= 0.6 is 27.7 Å². The van der Waals surface area contributed by atoms with Crippen LogP contribution in [-0.2, 0) is 9.59 Å². The van der Waals surface area contributed by atoms with E-state index in [2.05, 4.69) is 26.6 Å². The Morgan fingerprint density at radius 3 is 2.44 bits per heavy atom. The quantitative estimate of drug-likeness (QED) is 0.610. The lowest BCUT2D eigenvalue weighted by Crippen LogP contribution is -2.15. The Hall–Kier alpha value is -1.86. The Bertz CT molecular complexity index is 753. The van der Waals surface area contributed by atoms with Gasteiger partial charge >= 0.3 is 0 Å². The number of amides is 2. The number of carbonyl (C=O) groups is 2. The summed E-state index contributed by atoms with van der Waals surface area (Å²) < 4.78 is 14.3. The SMILES string of the molecule is CCCC(=O)Nc1ccc(SCC(=O)Nc2ccc(Br)cc2F)cc1. The lowest BCUT2D eigenvalue weighted by atomic mass is 10.3. The molecule has 2 amide bonds. The molecule has 0 aliphatic carbocycles. The van der Waals surface area contributed by atoms with Crippen molar-refractivity contribution in [3.63, 3.8) is 0 Å². The fourth-order valence-electron chi connectivity index (χ4n) is 2.01. The van der Waals surface area contributed by atoms with Gasteiger partial charge in [-0.05, 0) is 48.9 Å². The van der Waals surface area contributed by atoms with Gasteiger partial charge in [0.05, 0.1) is 11.4 Å². The van der Waals surface area contributed by atoms with Crippen molar-refractivity contribution in [1.82, 2.24) is 0 Å². The average molecular weight is 425 g/mol. The topological polar surface area (TPSA) is 58.2 Å². The van der Waals surface area contributed by atoms with Crippen molar-refractivity contribution in [3.8, 4) is 0 Å². The van der Waals surface area contributed by atoms with Gasteiger partial charge in [-0.25, -0.2) is 4.39 Å². The molecule has 0 saturated heterocycles. The van der Waals surface area contributed by atoms with Crippen molar-refractivity contribution in [2.45, 2.75) is 24.7 Å².